The van der Waals surface area contributed by atoms with Crippen molar-refractivity contribution in [1.29, 1.82) is 0 Å². The summed E-state index contributed by atoms with van der Waals surface area (Å²) in [6, 6.07) is 8.63. The molecular weight excluding hydrogens is 318 g/mol. The molecule has 7 nitrogen and oxygen atoms in total. The summed E-state index contributed by atoms with van der Waals surface area (Å²) in [6.45, 7) is 2.27. The Morgan fingerprint density at radius 2 is 2.17 bits per heavy atom. The van der Waals surface area contributed by atoms with E-state index in [0.717, 1.165) is 18.4 Å². The maximum absolute atomic E-state index is 12.8. The Kier molecular flexibility index (Phi) is 4.08. The maximum Gasteiger partial charge on any atom is 0.358 e. The molecule has 3 rings (SSSR count). The van der Waals surface area contributed by atoms with Gasteiger partial charge in [0.1, 0.15) is 0 Å². The number of nitrogens with one attached hydrogen (secondary N) is 1. The number of aromatic nitrogens is 2. The molecule has 0 radical (unpaired) electrons. The highest BCUT2D eigenvalue weighted by Gasteiger charge is 2.31. The maximum atomic E-state index is 12.8. The molecule has 1 N–H and O–H groups in total. The van der Waals surface area contributed by atoms with E-state index in [1.54, 1.807) is 13.0 Å². The van der Waals surface area contributed by atoms with Crippen LogP contribution in [0.2, 0.25) is 0 Å². The van der Waals surface area contributed by atoms with Crippen LogP contribution in [0.4, 0.5) is 5.69 Å². The van der Waals surface area contributed by atoms with E-state index in [-0.39, 0.29) is 17.3 Å². The first-order valence-electron chi connectivity index (χ1n) is 7.37. The monoisotopic (exact) mass is 335 g/mol. The molecule has 0 aliphatic carbocycles. The molecule has 0 fully saturated rings. The fourth-order valence-electron chi connectivity index (χ4n) is 2.61. The van der Waals surface area contributed by atoms with Crippen molar-refractivity contribution in [3.05, 3.63) is 41.6 Å². The minimum atomic E-state index is -3.80. The van der Waals surface area contributed by atoms with Gasteiger partial charge in [0.25, 0.3) is 10.0 Å². The van der Waals surface area contributed by atoms with Crippen LogP contribution in [0.25, 0.3) is 0 Å². The smallest absolute Gasteiger partial charge is 0.358 e. The molecule has 0 amide bonds. The van der Waals surface area contributed by atoms with Crippen molar-refractivity contribution < 1.29 is 17.9 Å². The van der Waals surface area contributed by atoms with E-state index in [4.69, 9.17) is 4.74 Å². The quantitative estimate of drug-likeness (QED) is 0.859. The number of hydrogen-bond donors (Lipinski definition) is 1. The third kappa shape index (κ3) is 2.81. The molecule has 2 heterocycles. The number of sulfonamides is 1. The van der Waals surface area contributed by atoms with Gasteiger partial charge in [-0.1, -0.05) is 18.2 Å². The number of aryl methyl sites for hydroxylation is 1. The minimum Gasteiger partial charge on any atom is -0.461 e. The van der Waals surface area contributed by atoms with Crippen molar-refractivity contribution in [1.82, 2.24) is 10.2 Å². The van der Waals surface area contributed by atoms with Gasteiger partial charge in [-0.3, -0.25) is 9.40 Å². The molecule has 1 aliphatic rings. The summed E-state index contributed by atoms with van der Waals surface area (Å²) >= 11 is 0. The fourth-order valence-corrected chi connectivity index (χ4v) is 4.08. The second-order valence-electron chi connectivity index (χ2n) is 5.15. The van der Waals surface area contributed by atoms with E-state index in [2.05, 4.69) is 10.2 Å². The van der Waals surface area contributed by atoms with Gasteiger partial charge in [-0.15, -0.1) is 0 Å². The molecule has 0 unspecified atom stereocenters. The van der Waals surface area contributed by atoms with Gasteiger partial charge in [-0.05, 0) is 31.4 Å². The Bertz CT molecular complexity index is 829. The van der Waals surface area contributed by atoms with Crippen LogP contribution in [0.3, 0.4) is 0 Å². The zero-order valence-electron chi connectivity index (χ0n) is 12.7. The topological polar surface area (TPSA) is 92.4 Å². The summed E-state index contributed by atoms with van der Waals surface area (Å²) < 4.78 is 31.9. The summed E-state index contributed by atoms with van der Waals surface area (Å²) in [6.07, 6.45) is 1.59. The van der Waals surface area contributed by atoms with Crippen molar-refractivity contribution >= 4 is 21.7 Å². The van der Waals surface area contributed by atoms with Gasteiger partial charge in [-0.25, -0.2) is 4.79 Å². The summed E-state index contributed by atoms with van der Waals surface area (Å²) in [5.74, 6) is -0.649. The first-order valence-corrected chi connectivity index (χ1v) is 8.81. The molecule has 0 bridgehead atoms. The number of esters is 1. The number of carbonyl (C=O) groups is 1. The van der Waals surface area contributed by atoms with Crippen molar-refractivity contribution in [2.24, 2.45) is 0 Å². The molecule has 1 aliphatic heterocycles. The second kappa shape index (κ2) is 6.04. The minimum absolute atomic E-state index is 0.0456. The normalized spacial score (nSPS) is 14.4. The van der Waals surface area contributed by atoms with Gasteiger partial charge >= 0.3 is 5.97 Å². The van der Waals surface area contributed by atoms with Crippen LogP contribution in [0.5, 0.6) is 0 Å². The number of H-pyrrole nitrogens is 1. The Morgan fingerprint density at radius 3 is 2.96 bits per heavy atom. The zero-order valence-corrected chi connectivity index (χ0v) is 13.5. The van der Waals surface area contributed by atoms with Crippen LogP contribution in [0, 0.1) is 0 Å². The first kappa shape index (κ1) is 15.5. The molecule has 2 aromatic rings. The lowest BCUT2D eigenvalue weighted by Crippen LogP contribution is -2.35. The van der Waals surface area contributed by atoms with Gasteiger partial charge < -0.3 is 4.74 Å². The molecule has 0 spiro atoms. The molecule has 122 valence electrons. The second-order valence-corrected chi connectivity index (χ2v) is 6.98. The summed E-state index contributed by atoms with van der Waals surface area (Å²) in [4.78, 5) is 11.6. The molecule has 1 aromatic carbocycles. The van der Waals surface area contributed by atoms with Crippen LogP contribution >= 0.6 is 0 Å². The highest BCUT2D eigenvalue weighted by Crippen LogP contribution is 2.31. The largest absolute Gasteiger partial charge is 0.461 e. The van der Waals surface area contributed by atoms with Crippen LogP contribution in [0.15, 0.2) is 35.4 Å². The molecule has 1 aromatic heterocycles. The Hall–Kier alpha value is -2.35. The average Bonchev–Trinajstić information content (AvgIpc) is 3.05. The van der Waals surface area contributed by atoms with Crippen molar-refractivity contribution in [2.45, 2.75) is 24.8 Å². The van der Waals surface area contributed by atoms with Crippen LogP contribution in [0.1, 0.15) is 29.4 Å². The number of benzene rings is 1. The first-order chi connectivity index (χ1) is 11.0. The molecule has 8 heteroatoms. The highest BCUT2D eigenvalue weighted by molar-refractivity contribution is 7.92. The molecule has 0 saturated heterocycles. The van der Waals surface area contributed by atoms with E-state index in [1.807, 2.05) is 18.2 Å². The molecule has 23 heavy (non-hydrogen) atoms. The molecule has 0 saturated carbocycles. The number of nitrogens with zero attached hydrogens (tertiary/aromatic N) is 2. The van der Waals surface area contributed by atoms with Gasteiger partial charge in [0.15, 0.2) is 10.7 Å². The van der Waals surface area contributed by atoms with Crippen LogP contribution in [-0.4, -0.2) is 37.7 Å². The number of rotatable bonds is 4. The predicted molar refractivity (Wildman–Crippen MR) is 83.8 cm³/mol. The van der Waals surface area contributed by atoms with E-state index in [0.29, 0.717) is 12.2 Å². The van der Waals surface area contributed by atoms with Crippen molar-refractivity contribution in [3.8, 4) is 0 Å². The Labute approximate surface area is 134 Å². The number of carbonyl (C=O) groups excluding carboxylic acids is 1. The van der Waals surface area contributed by atoms with E-state index in [1.165, 1.54) is 10.4 Å². The van der Waals surface area contributed by atoms with Gasteiger partial charge in [-0.2, -0.15) is 13.5 Å². The van der Waals surface area contributed by atoms with Crippen LogP contribution < -0.4 is 4.31 Å². The third-order valence-corrected chi connectivity index (χ3v) is 5.40. The van der Waals surface area contributed by atoms with Crippen molar-refractivity contribution in [3.63, 3.8) is 0 Å². The Morgan fingerprint density at radius 1 is 1.39 bits per heavy atom. The Balaban J connectivity index is 1.96. The van der Waals surface area contributed by atoms with Crippen LogP contribution in [-0.2, 0) is 21.2 Å². The highest BCUT2D eigenvalue weighted by atomic mass is 32.2. The standard InChI is InChI=1S/C15H17N3O4S/c1-2-22-15(19)12-10-14(17-16-12)23(20,21)18-9-5-7-11-6-3-4-8-13(11)18/h3-4,6,8,10H,2,5,7,9H2,1H3,(H,16,17). The van der Waals surface area contributed by atoms with Gasteiger partial charge in [0.2, 0.25) is 0 Å². The van der Waals surface area contributed by atoms with Crippen molar-refractivity contribution in [2.75, 3.05) is 17.5 Å². The molecular formula is C15H17N3O4S. The summed E-state index contributed by atoms with van der Waals surface area (Å²) in [7, 11) is -3.80. The molecule has 0 atom stereocenters. The average molecular weight is 335 g/mol. The van der Waals surface area contributed by atoms with Gasteiger partial charge in [0, 0.05) is 12.6 Å². The number of hydrogen-bond acceptors (Lipinski definition) is 5. The zero-order chi connectivity index (χ0) is 16.4. The lowest BCUT2D eigenvalue weighted by atomic mass is 10.0. The third-order valence-electron chi connectivity index (χ3n) is 3.67. The number of fused-ring (bicyclic) bond motifs is 1. The van der Waals surface area contributed by atoms with E-state index in [9.17, 15) is 13.2 Å². The number of ether oxygens (including phenoxy) is 1. The summed E-state index contributed by atoms with van der Waals surface area (Å²) in [5, 5.41) is 6.07. The van der Waals surface area contributed by atoms with E-state index < -0.39 is 16.0 Å². The lowest BCUT2D eigenvalue weighted by Gasteiger charge is -2.29. The van der Waals surface area contributed by atoms with Gasteiger partial charge in [0.05, 0.1) is 12.3 Å². The summed E-state index contributed by atoms with van der Waals surface area (Å²) in [5.41, 5.74) is 1.62. The number of para-hydroxylation sites is 1. The number of aromatic amines is 1. The lowest BCUT2D eigenvalue weighted by molar-refractivity contribution is 0.0519. The SMILES string of the molecule is CCOC(=O)c1cc(S(=O)(=O)N2CCCc3ccccc32)[nH]n1. The van der Waals surface area contributed by atoms with E-state index >= 15 is 0 Å². The fraction of sp³-hybridized carbons (Fsp3) is 0.333. The predicted octanol–water partition coefficient (Wildman–Crippen LogP) is 1.73. The number of anilines is 1.